The Labute approximate surface area is 213 Å². The minimum Gasteiger partial charge on any atom is -0.493 e. The summed E-state index contributed by atoms with van der Waals surface area (Å²) < 4.78 is 10.6. The Hall–Kier alpha value is -3.64. The summed E-state index contributed by atoms with van der Waals surface area (Å²) in [5.74, 6) is 1.79. The Balaban J connectivity index is 1.27. The van der Waals surface area contributed by atoms with Gasteiger partial charge in [-0.15, -0.1) is 0 Å². The van der Waals surface area contributed by atoms with Crippen LogP contribution in [0.4, 0.5) is 0 Å². The minimum absolute atomic E-state index is 0.233. The first kappa shape index (κ1) is 25.5. The van der Waals surface area contributed by atoms with E-state index in [1.807, 2.05) is 49.4 Å². The fourth-order valence-electron chi connectivity index (χ4n) is 4.64. The van der Waals surface area contributed by atoms with E-state index in [-0.39, 0.29) is 5.91 Å². The molecule has 0 bridgehead atoms. The van der Waals surface area contributed by atoms with Gasteiger partial charge in [-0.3, -0.25) is 9.69 Å². The third-order valence-corrected chi connectivity index (χ3v) is 6.82. The van der Waals surface area contributed by atoms with Crippen LogP contribution in [0.3, 0.4) is 0 Å². The summed E-state index contributed by atoms with van der Waals surface area (Å²) in [7, 11) is 3.19. The Bertz CT molecular complexity index is 1170. The standard InChI is InChI=1S/C30H35N3O3/c1-22(27-13-14-28(35-2)29(20-27)36-3)31-32-30(34)26-11-9-25(10-12-26)21-33-17-15-24(16-18-33)19-23-7-5-4-6-8-23/h4-14,20,24H,15-19,21H2,1-3H3,(H,32,34)/b31-22-. The summed E-state index contributed by atoms with van der Waals surface area (Å²) in [6, 6.07) is 24.1. The second-order valence-electron chi connectivity index (χ2n) is 9.31. The molecule has 1 saturated heterocycles. The van der Waals surface area contributed by atoms with Crippen LogP contribution in [0.2, 0.25) is 0 Å². The van der Waals surface area contributed by atoms with Crippen molar-refractivity contribution < 1.29 is 14.3 Å². The van der Waals surface area contributed by atoms with Crippen molar-refractivity contribution in [3.63, 3.8) is 0 Å². The molecule has 1 fully saturated rings. The maximum atomic E-state index is 12.6. The molecule has 1 heterocycles. The number of hydrogen-bond acceptors (Lipinski definition) is 5. The quantitative estimate of drug-likeness (QED) is 0.329. The lowest BCUT2D eigenvalue weighted by atomic mass is 9.90. The van der Waals surface area contributed by atoms with E-state index < -0.39 is 0 Å². The molecule has 0 saturated carbocycles. The number of carbonyl (C=O) groups excluding carboxylic acids is 1. The highest BCUT2D eigenvalue weighted by Crippen LogP contribution is 2.28. The summed E-state index contributed by atoms with van der Waals surface area (Å²) in [5.41, 5.74) is 7.42. The maximum absolute atomic E-state index is 12.6. The highest BCUT2D eigenvalue weighted by Gasteiger charge is 2.19. The van der Waals surface area contributed by atoms with Crippen LogP contribution in [0.5, 0.6) is 11.5 Å². The molecule has 188 valence electrons. The van der Waals surface area contributed by atoms with Gasteiger partial charge < -0.3 is 9.47 Å². The van der Waals surface area contributed by atoms with Crippen molar-refractivity contribution in [2.75, 3.05) is 27.3 Å². The Kier molecular flexibility index (Phi) is 8.74. The second kappa shape index (κ2) is 12.4. The highest BCUT2D eigenvalue weighted by molar-refractivity contribution is 6.01. The van der Waals surface area contributed by atoms with Crippen LogP contribution >= 0.6 is 0 Å². The van der Waals surface area contributed by atoms with Crippen molar-refractivity contribution in [2.24, 2.45) is 11.0 Å². The number of rotatable bonds is 9. The molecule has 0 radical (unpaired) electrons. The van der Waals surface area contributed by atoms with E-state index in [4.69, 9.17) is 9.47 Å². The van der Waals surface area contributed by atoms with E-state index in [1.165, 1.54) is 30.4 Å². The lowest BCUT2D eigenvalue weighted by Crippen LogP contribution is -2.33. The number of methoxy groups -OCH3 is 2. The van der Waals surface area contributed by atoms with Crippen molar-refractivity contribution >= 4 is 11.6 Å². The molecule has 1 aliphatic rings. The van der Waals surface area contributed by atoms with Gasteiger partial charge in [0.2, 0.25) is 0 Å². The van der Waals surface area contributed by atoms with Crippen molar-refractivity contribution in [3.05, 3.63) is 95.1 Å². The summed E-state index contributed by atoms with van der Waals surface area (Å²) in [4.78, 5) is 15.1. The zero-order valence-corrected chi connectivity index (χ0v) is 21.4. The average Bonchev–Trinajstić information content (AvgIpc) is 2.93. The number of nitrogens with one attached hydrogen (secondary N) is 1. The van der Waals surface area contributed by atoms with Gasteiger partial charge in [-0.25, -0.2) is 5.43 Å². The molecule has 6 nitrogen and oxygen atoms in total. The average molecular weight is 486 g/mol. The minimum atomic E-state index is -0.233. The normalized spacial score (nSPS) is 14.9. The van der Waals surface area contributed by atoms with E-state index in [1.54, 1.807) is 14.2 Å². The smallest absolute Gasteiger partial charge is 0.271 e. The molecule has 0 aliphatic carbocycles. The predicted octanol–water partition coefficient (Wildman–Crippen LogP) is 5.31. The molecule has 0 unspecified atom stereocenters. The van der Waals surface area contributed by atoms with Crippen molar-refractivity contribution in [1.82, 2.24) is 10.3 Å². The molecule has 3 aromatic rings. The lowest BCUT2D eigenvalue weighted by Gasteiger charge is -2.32. The number of benzene rings is 3. The van der Waals surface area contributed by atoms with Gasteiger partial charge in [0.15, 0.2) is 11.5 Å². The van der Waals surface area contributed by atoms with Crippen LogP contribution in [-0.2, 0) is 13.0 Å². The predicted molar refractivity (Wildman–Crippen MR) is 144 cm³/mol. The maximum Gasteiger partial charge on any atom is 0.271 e. The fraction of sp³-hybridized carbons (Fsp3) is 0.333. The summed E-state index contributed by atoms with van der Waals surface area (Å²) in [6.07, 6.45) is 3.63. The molecule has 0 spiro atoms. The summed E-state index contributed by atoms with van der Waals surface area (Å²) >= 11 is 0. The Morgan fingerprint density at radius 1 is 0.889 bits per heavy atom. The largest absolute Gasteiger partial charge is 0.493 e. The third kappa shape index (κ3) is 6.73. The first-order valence-corrected chi connectivity index (χ1v) is 12.5. The van der Waals surface area contributed by atoms with E-state index in [9.17, 15) is 4.79 Å². The first-order chi connectivity index (χ1) is 17.6. The van der Waals surface area contributed by atoms with E-state index >= 15 is 0 Å². The summed E-state index contributed by atoms with van der Waals surface area (Å²) in [6.45, 7) is 4.98. The highest BCUT2D eigenvalue weighted by atomic mass is 16.5. The second-order valence-corrected chi connectivity index (χ2v) is 9.31. The number of piperidine rings is 1. The molecular weight excluding hydrogens is 450 g/mol. The van der Waals surface area contributed by atoms with Crippen LogP contribution in [0.1, 0.15) is 46.8 Å². The number of likely N-dealkylation sites (tertiary alicyclic amines) is 1. The molecule has 0 atom stereocenters. The number of nitrogens with zero attached hydrogens (tertiary/aromatic N) is 2. The van der Waals surface area contributed by atoms with Crippen LogP contribution < -0.4 is 14.9 Å². The van der Waals surface area contributed by atoms with Crippen LogP contribution in [0.15, 0.2) is 77.9 Å². The monoisotopic (exact) mass is 485 g/mol. The van der Waals surface area contributed by atoms with Gasteiger partial charge in [0.05, 0.1) is 19.9 Å². The zero-order valence-electron chi connectivity index (χ0n) is 21.4. The number of carbonyl (C=O) groups is 1. The molecule has 0 aromatic heterocycles. The van der Waals surface area contributed by atoms with Gasteiger partial charge in [-0.05, 0) is 86.7 Å². The van der Waals surface area contributed by atoms with Gasteiger partial charge in [0.25, 0.3) is 5.91 Å². The third-order valence-electron chi connectivity index (χ3n) is 6.82. The first-order valence-electron chi connectivity index (χ1n) is 12.5. The Morgan fingerprint density at radius 2 is 1.56 bits per heavy atom. The van der Waals surface area contributed by atoms with Crippen LogP contribution in [0.25, 0.3) is 0 Å². The van der Waals surface area contributed by atoms with Crippen molar-refractivity contribution in [3.8, 4) is 11.5 Å². The molecule has 3 aromatic carbocycles. The number of hydrazone groups is 1. The lowest BCUT2D eigenvalue weighted by molar-refractivity contribution is 0.0955. The zero-order chi connectivity index (χ0) is 25.3. The van der Waals surface area contributed by atoms with Gasteiger partial charge in [-0.1, -0.05) is 42.5 Å². The van der Waals surface area contributed by atoms with Crippen LogP contribution in [-0.4, -0.2) is 43.8 Å². The van der Waals surface area contributed by atoms with Gasteiger partial charge >= 0.3 is 0 Å². The Morgan fingerprint density at radius 3 is 2.22 bits per heavy atom. The van der Waals surface area contributed by atoms with E-state index in [0.717, 1.165) is 31.1 Å². The number of amides is 1. The molecule has 1 N–H and O–H groups in total. The number of ether oxygens (including phenoxy) is 2. The molecule has 6 heteroatoms. The van der Waals surface area contributed by atoms with Crippen LogP contribution in [0, 0.1) is 5.92 Å². The topological polar surface area (TPSA) is 63.2 Å². The molecule has 36 heavy (non-hydrogen) atoms. The van der Waals surface area contributed by atoms with Crippen molar-refractivity contribution in [2.45, 2.75) is 32.7 Å². The van der Waals surface area contributed by atoms with Gasteiger partial charge in [0, 0.05) is 17.7 Å². The van der Waals surface area contributed by atoms with E-state index in [2.05, 4.69) is 45.8 Å². The SMILES string of the molecule is COc1ccc(/C(C)=N\NC(=O)c2ccc(CN3CCC(Cc4ccccc4)CC3)cc2)cc1OC. The molecular formula is C30H35N3O3. The van der Waals surface area contributed by atoms with Gasteiger partial charge in [-0.2, -0.15) is 5.10 Å². The van der Waals surface area contributed by atoms with Gasteiger partial charge in [0.1, 0.15) is 0 Å². The molecule has 1 amide bonds. The number of hydrogen-bond donors (Lipinski definition) is 1. The van der Waals surface area contributed by atoms with E-state index in [0.29, 0.717) is 22.8 Å². The molecule has 1 aliphatic heterocycles. The van der Waals surface area contributed by atoms with Crippen molar-refractivity contribution in [1.29, 1.82) is 0 Å². The summed E-state index contributed by atoms with van der Waals surface area (Å²) in [5, 5.41) is 4.27. The molecule has 4 rings (SSSR count). The fourth-order valence-corrected chi connectivity index (χ4v) is 4.64.